The molecule has 0 spiro atoms. The van der Waals surface area contributed by atoms with Crippen LogP contribution in [0.15, 0.2) is 97.1 Å². The van der Waals surface area contributed by atoms with Crippen LogP contribution in [0, 0.1) is 5.92 Å². The summed E-state index contributed by atoms with van der Waals surface area (Å²) >= 11 is 0. The van der Waals surface area contributed by atoms with Gasteiger partial charge in [-0.1, -0.05) is 72.8 Å². The molecule has 0 N–H and O–H groups in total. The molecule has 1 saturated heterocycles. The highest BCUT2D eigenvalue weighted by molar-refractivity contribution is 5.85. The minimum atomic E-state index is 0.0629. The fraction of sp³-hybridized carbons (Fsp3) is 0.258. The molecule has 1 heterocycles. The SMILES string of the molecule is O=C(COc1ccc2cc(OCc3ccccc3)ccc2c1)N1CCC(Cc2ccccc2)CC1. The van der Waals surface area contributed by atoms with Crippen molar-refractivity contribution < 1.29 is 14.3 Å². The first-order valence-corrected chi connectivity index (χ1v) is 12.4. The zero-order valence-corrected chi connectivity index (χ0v) is 19.9. The van der Waals surface area contributed by atoms with E-state index < -0.39 is 0 Å². The number of carbonyl (C=O) groups excluding carboxylic acids is 1. The monoisotopic (exact) mass is 465 g/mol. The molecule has 4 heteroatoms. The summed E-state index contributed by atoms with van der Waals surface area (Å²) in [4.78, 5) is 14.7. The number of carbonyl (C=O) groups is 1. The second kappa shape index (κ2) is 11.1. The largest absolute Gasteiger partial charge is 0.489 e. The van der Waals surface area contributed by atoms with Crippen LogP contribution in [0.2, 0.25) is 0 Å². The van der Waals surface area contributed by atoms with E-state index in [9.17, 15) is 4.79 Å². The van der Waals surface area contributed by atoms with Crippen LogP contribution in [-0.2, 0) is 17.8 Å². The minimum Gasteiger partial charge on any atom is -0.489 e. The van der Waals surface area contributed by atoms with Crippen LogP contribution in [-0.4, -0.2) is 30.5 Å². The van der Waals surface area contributed by atoms with Crippen molar-refractivity contribution in [1.29, 1.82) is 0 Å². The lowest BCUT2D eigenvalue weighted by Crippen LogP contribution is -2.41. The summed E-state index contributed by atoms with van der Waals surface area (Å²) in [5.74, 6) is 2.25. The third-order valence-electron chi connectivity index (χ3n) is 6.73. The van der Waals surface area contributed by atoms with Gasteiger partial charge in [0.2, 0.25) is 0 Å². The Labute approximate surface area is 207 Å². The van der Waals surface area contributed by atoms with Crippen LogP contribution < -0.4 is 9.47 Å². The molecule has 0 atom stereocenters. The molecule has 4 nitrogen and oxygen atoms in total. The average molecular weight is 466 g/mol. The molecule has 0 saturated carbocycles. The van der Waals surface area contributed by atoms with Gasteiger partial charge in [-0.15, -0.1) is 0 Å². The number of ether oxygens (including phenoxy) is 2. The predicted octanol–water partition coefficient (Wildman–Crippen LogP) is 6.28. The first-order valence-electron chi connectivity index (χ1n) is 12.4. The van der Waals surface area contributed by atoms with Gasteiger partial charge in [0.1, 0.15) is 18.1 Å². The molecular formula is C31H31NO3. The number of rotatable bonds is 8. The molecule has 0 aromatic heterocycles. The summed E-state index contributed by atoms with van der Waals surface area (Å²) in [7, 11) is 0. The molecule has 178 valence electrons. The maximum atomic E-state index is 12.7. The molecule has 0 unspecified atom stereocenters. The van der Waals surface area contributed by atoms with Gasteiger partial charge in [-0.25, -0.2) is 0 Å². The van der Waals surface area contributed by atoms with Gasteiger partial charge >= 0.3 is 0 Å². The zero-order valence-electron chi connectivity index (χ0n) is 19.9. The third kappa shape index (κ3) is 6.21. The summed E-state index contributed by atoms with van der Waals surface area (Å²) in [5.41, 5.74) is 2.52. The van der Waals surface area contributed by atoms with Gasteiger partial charge in [-0.3, -0.25) is 4.79 Å². The van der Waals surface area contributed by atoms with Crippen molar-refractivity contribution in [3.63, 3.8) is 0 Å². The average Bonchev–Trinajstić information content (AvgIpc) is 2.92. The van der Waals surface area contributed by atoms with Crippen molar-refractivity contribution in [3.8, 4) is 11.5 Å². The Balaban J connectivity index is 1.10. The van der Waals surface area contributed by atoms with Crippen molar-refractivity contribution in [2.75, 3.05) is 19.7 Å². The van der Waals surface area contributed by atoms with Gasteiger partial charge in [0, 0.05) is 13.1 Å². The molecule has 0 bridgehead atoms. The van der Waals surface area contributed by atoms with E-state index >= 15 is 0 Å². The van der Waals surface area contributed by atoms with Crippen LogP contribution in [0.4, 0.5) is 0 Å². The van der Waals surface area contributed by atoms with Crippen LogP contribution in [0.3, 0.4) is 0 Å². The van der Waals surface area contributed by atoms with E-state index in [0.717, 1.165) is 54.4 Å². The number of hydrogen-bond acceptors (Lipinski definition) is 3. The Hall–Kier alpha value is -3.79. The predicted molar refractivity (Wildman–Crippen MR) is 140 cm³/mol. The normalized spacial score (nSPS) is 14.1. The Bertz CT molecular complexity index is 1250. The third-order valence-corrected chi connectivity index (χ3v) is 6.73. The maximum Gasteiger partial charge on any atom is 0.260 e. The van der Waals surface area contributed by atoms with E-state index in [1.165, 1.54) is 5.56 Å². The maximum absolute atomic E-state index is 12.7. The second-order valence-corrected chi connectivity index (χ2v) is 9.25. The summed E-state index contributed by atoms with van der Waals surface area (Å²) < 4.78 is 11.8. The van der Waals surface area contributed by atoms with Crippen LogP contribution in [0.25, 0.3) is 10.8 Å². The van der Waals surface area contributed by atoms with Gasteiger partial charge in [0.25, 0.3) is 5.91 Å². The number of piperidine rings is 1. The van der Waals surface area contributed by atoms with E-state index in [4.69, 9.17) is 9.47 Å². The van der Waals surface area contributed by atoms with Crippen molar-refractivity contribution >= 4 is 16.7 Å². The molecule has 0 radical (unpaired) electrons. The molecule has 35 heavy (non-hydrogen) atoms. The molecule has 5 rings (SSSR count). The fourth-order valence-corrected chi connectivity index (χ4v) is 4.69. The summed E-state index contributed by atoms with van der Waals surface area (Å²) in [5, 5.41) is 2.14. The molecule has 1 fully saturated rings. The number of nitrogens with zero attached hydrogens (tertiary/aromatic N) is 1. The topological polar surface area (TPSA) is 38.8 Å². The highest BCUT2D eigenvalue weighted by Crippen LogP contribution is 2.26. The Morgan fingerprint density at radius 3 is 1.91 bits per heavy atom. The van der Waals surface area contributed by atoms with Gasteiger partial charge in [-0.05, 0) is 71.3 Å². The second-order valence-electron chi connectivity index (χ2n) is 9.25. The number of fused-ring (bicyclic) bond motifs is 1. The standard InChI is InChI=1S/C31H31NO3/c33-31(32-17-15-25(16-18-32)19-24-7-3-1-4-8-24)23-35-30-14-12-27-20-29(13-11-28(27)21-30)34-22-26-9-5-2-6-10-26/h1-14,20-21,25H,15-19,22-23H2. The highest BCUT2D eigenvalue weighted by Gasteiger charge is 2.23. The Morgan fingerprint density at radius 1 is 0.714 bits per heavy atom. The Kier molecular flexibility index (Phi) is 7.28. The highest BCUT2D eigenvalue weighted by atomic mass is 16.5. The minimum absolute atomic E-state index is 0.0629. The first kappa shape index (κ1) is 23.0. The van der Waals surface area contributed by atoms with E-state index in [-0.39, 0.29) is 12.5 Å². The van der Waals surface area contributed by atoms with Crippen LogP contribution >= 0.6 is 0 Å². The molecule has 0 aliphatic carbocycles. The van der Waals surface area contributed by atoms with Crippen LogP contribution in [0.1, 0.15) is 24.0 Å². The summed E-state index contributed by atoms with van der Waals surface area (Å²) in [6, 6.07) is 32.7. The molecular weight excluding hydrogens is 434 g/mol. The smallest absolute Gasteiger partial charge is 0.260 e. The number of likely N-dealkylation sites (tertiary alicyclic amines) is 1. The quantitative estimate of drug-likeness (QED) is 0.307. The zero-order chi connectivity index (χ0) is 23.9. The van der Waals surface area contributed by atoms with Crippen molar-refractivity contribution in [2.24, 2.45) is 5.92 Å². The van der Waals surface area contributed by atoms with E-state index in [0.29, 0.717) is 18.3 Å². The van der Waals surface area contributed by atoms with Gasteiger partial charge in [-0.2, -0.15) is 0 Å². The molecule has 1 aliphatic heterocycles. The van der Waals surface area contributed by atoms with Gasteiger partial charge in [0.15, 0.2) is 6.61 Å². The molecule has 1 amide bonds. The lowest BCUT2D eigenvalue weighted by atomic mass is 9.90. The van der Waals surface area contributed by atoms with Crippen LogP contribution in [0.5, 0.6) is 11.5 Å². The first-order chi connectivity index (χ1) is 17.2. The number of amides is 1. The summed E-state index contributed by atoms with van der Waals surface area (Å²) in [6.45, 7) is 2.23. The molecule has 4 aromatic rings. The summed E-state index contributed by atoms with van der Waals surface area (Å²) in [6.07, 6.45) is 3.19. The lowest BCUT2D eigenvalue weighted by Gasteiger charge is -2.32. The van der Waals surface area contributed by atoms with E-state index in [1.807, 2.05) is 59.5 Å². The number of benzene rings is 4. The molecule has 4 aromatic carbocycles. The van der Waals surface area contributed by atoms with Gasteiger partial charge in [0.05, 0.1) is 0 Å². The number of hydrogen-bond donors (Lipinski definition) is 0. The van der Waals surface area contributed by atoms with Crippen molar-refractivity contribution in [1.82, 2.24) is 4.90 Å². The lowest BCUT2D eigenvalue weighted by molar-refractivity contribution is -0.134. The van der Waals surface area contributed by atoms with Gasteiger partial charge < -0.3 is 14.4 Å². The fourth-order valence-electron chi connectivity index (χ4n) is 4.69. The van der Waals surface area contributed by atoms with Crippen molar-refractivity contribution in [2.45, 2.75) is 25.9 Å². The Morgan fingerprint density at radius 2 is 1.29 bits per heavy atom. The van der Waals surface area contributed by atoms with E-state index in [1.54, 1.807) is 0 Å². The van der Waals surface area contributed by atoms with Crippen molar-refractivity contribution in [3.05, 3.63) is 108 Å². The van der Waals surface area contributed by atoms with E-state index in [2.05, 4.69) is 42.5 Å². The molecule has 1 aliphatic rings.